The molecule has 0 aliphatic rings. The molecule has 8 nitrogen and oxygen atoms in total. The van der Waals surface area contributed by atoms with Gasteiger partial charge in [-0.05, 0) is 83.6 Å². The molecule has 0 spiro atoms. The third-order valence-corrected chi connectivity index (χ3v) is 7.45. The quantitative estimate of drug-likeness (QED) is 0.239. The maximum Gasteiger partial charge on any atom is 0.252 e. The molecule has 0 fully saturated rings. The van der Waals surface area contributed by atoms with E-state index in [-0.39, 0.29) is 11.6 Å². The second-order valence-corrected chi connectivity index (χ2v) is 10.3. The molecule has 3 aromatic carbocycles. The Morgan fingerprint density at radius 2 is 1.75 bits per heavy atom. The molecule has 0 amide bonds. The highest BCUT2D eigenvalue weighted by atomic mass is 16.5. The molecule has 2 heterocycles. The summed E-state index contributed by atoms with van der Waals surface area (Å²) < 4.78 is 7.27. The minimum atomic E-state index is -0.0953. The molecule has 40 heavy (non-hydrogen) atoms. The molecule has 1 atom stereocenters. The van der Waals surface area contributed by atoms with Crippen molar-refractivity contribution >= 4 is 10.9 Å². The van der Waals surface area contributed by atoms with Crippen LogP contribution in [0.1, 0.15) is 53.0 Å². The lowest BCUT2D eigenvalue weighted by Gasteiger charge is -2.30. The third-order valence-electron chi connectivity index (χ3n) is 7.45. The van der Waals surface area contributed by atoms with Crippen molar-refractivity contribution in [1.82, 2.24) is 30.1 Å². The summed E-state index contributed by atoms with van der Waals surface area (Å²) in [6.45, 7) is 8.02. The van der Waals surface area contributed by atoms with Crippen molar-refractivity contribution < 1.29 is 4.74 Å². The van der Waals surface area contributed by atoms with Crippen LogP contribution < -0.4 is 10.3 Å². The number of methoxy groups -OCH3 is 1. The van der Waals surface area contributed by atoms with Crippen molar-refractivity contribution in [2.75, 3.05) is 7.11 Å². The van der Waals surface area contributed by atoms with Gasteiger partial charge in [-0.25, -0.2) is 4.68 Å². The zero-order valence-corrected chi connectivity index (χ0v) is 23.6. The molecule has 0 bridgehead atoms. The van der Waals surface area contributed by atoms with E-state index in [1.807, 2.05) is 54.1 Å². The number of hydrogen-bond acceptors (Lipinski definition) is 6. The van der Waals surface area contributed by atoms with Crippen LogP contribution in [0.3, 0.4) is 0 Å². The number of benzene rings is 3. The van der Waals surface area contributed by atoms with Crippen LogP contribution in [-0.2, 0) is 26.1 Å². The SMILES string of the molecule is CC[C@@H](c1nnnn1CCc1ccccc1)N(Cc1ccc(OC)cc1)Cc1cc2c(C)cc(C)cc2[nH]c1=O. The van der Waals surface area contributed by atoms with Gasteiger partial charge in [-0.1, -0.05) is 55.5 Å². The summed E-state index contributed by atoms with van der Waals surface area (Å²) >= 11 is 0. The predicted molar refractivity (Wildman–Crippen MR) is 157 cm³/mol. The Kier molecular flexibility index (Phi) is 8.36. The van der Waals surface area contributed by atoms with Gasteiger partial charge < -0.3 is 9.72 Å². The van der Waals surface area contributed by atoms with Crippen LogP contribution in [0.4, 0.5) is 0 Å². The molecular formula is C32H36N6O2. The van der Waals surface area contributed by atoms with E-state index in [1.54, 1.807) is 7.11 Å². The minimum Gasteiger partial charge on any atom is -0.497 e. The van der Waals surface area contributed by atoms with Crippen LogP contribution in [0.2, 0.25) is 0 Å². The van der Waals surface area contributed by atoms with Crippen molar-refractivity contribution in [3.05, 3.63) is 117 Å². The zero-order chi connectivity index (χ0) is 28.1. The van der Waals surface area contributed by atoms with Crippen LogP contribution in [0, 0.1) is 13.8 Å². The summed E-state index contributed by atoms with van der Waals surface area (Å²) in [6, 6.07) is 24.5. The highest BCUT2D eigenvalue weighted by Gasteiger charge is 2.26. The highest BCUT2D eigenvalue weighted by molar-refractivity contribution is 5.83. The molecule has 5 aromatic rings. The van der Waals surface area contributed by atoms with Gasteiger partial charge in [0, 0.05) is 36.1 Å². The molecule has 0 saturated heterocycles. The second kappa shape index (κ2) is 12.3. The summed E-state index contributed by atoms with van der Waals surface area (Å²) in [5.41, 5.74) is 6.14. The Labute approximate surface area is 234 Å². The van der Waals surface area contributed by atoms with E-state index < -0.39 is 0 Å². The van der Waals surface area contributed by atoms with Crippen molar-refractivity contribution in [2.45, 2.75) is 59.3 Å². The first kappa shape index (κ1) is 27.3. The number of pyridine rings is 1. The number of H-pyrrole nitrogens is 1. The number of nitrogens with one attached hydrogen (secondary N) is 1. The molecule has 8 heteroatoms. The van der Waals surface area contributed by atoms with Gasteiger partial charge in [-0.2, -0.15) is 0 Å². The van der Waals surface area contributed by atoms with Crippen molar-refractivity contribution in [3.63, 3.8) is 0 Å². The van der Waals surface area contributed by atoms with Gasteiger partial charge >= 0.3 is 0 Å². The number of nitrogens with zero attached hydrogens (tertiary/aromatic N) is 5. The normalized spacial score (nSPS) is 12.2. The van der Waals surface area contributed by atoms with E-state index in [0.29, 0.717) is 19.6 Å². The van der Waals surface area contributed by atoms with Gasteiger partial charge in [0.15, 0.2) is 5.82 Å². The Morgan fingerprint density at radius 1 is 0.975 bits per heavy atom. The van der Waals surface area contributed by atoms with Crippen LogP contribution in [0.5, 0.6) is 5.75 Å². The highest BCUT2D eigenvalue weighted by Crippen LogP contribution is 2.28. The van der Waals surface area contributed by atoms with E-state index in [2.05, 4.69) is 69.6 Å². The maximum atomic E-state index is 13.3. The molecule has 0 saturated carbocycles. The number of fused-ring (bicyclic) bond motifs is 1. The molecule has 206 valence electrons. The van der Waals surface area contributed by atoms with Gasteiger partial charge in [0.25, 0.3) is 5.56 Å². The lowest BCUT2D eigenvalue weighted by atomic mass is 10.0. The second-order valence-electron chi connectivity index (χ2n) is 10.3. The third kappa shape index (κ3) is 6.13. The van der Waals surface area contributed by atoms with Gasteiger partial charge in [-0.15, -0.1) is 5.10 Å². The van der Waals surface area contributed by atoms with E-state index in [1.165, 1.54) is 5.56 Å². The van der Waals surface area contributed by atoms with E-state index in [9.17, 15) is 4.79 Å². The average molecular weight is 537 g/mol. The monoisotopic (exact) mass is 536 g/mol. The smallest absolute Gasteiger partial charge is 0.252 e. The summed E-state index contributed by atoms with van der Waals surface area (Å²) in [6.07, 6.45) is 1.61. The summed E-state index contributed by atoms with van der Waals surface area (Å²) in [7, 11) is 1.67. The zero-order valence-electron chi connectivity index (χ0n) is 23.6. The van der Waals surface area contributed by atoms with Crippen molar-refractivity contribution in [3.8, 4) is 5.75 Å². The predicted octanol–water partition coefficient (Wildman–Crippen LogP) is 5.54. The largest absolute Gasteiger partial charge is 0.497 e. The van der Waals surface area contributed by atoms with E-state index in [0.717, 1.165) is 57.6 Å². The minimum absolute atomic E-state index is 0.0734. The fourth-order valence-corrected chi connectivity index (χ4v) is 5.39. The van der Waals surface area contributed by atoms with Gasteiger partial charge in [-0.3, -0.25) is 9.69 Å². The average Bonchev–Trinajstić information content (AvgIpc) is 3.42. The number of aromatic amines is 1. The van der Waals surface area contributed by atoms with Crippen molar-refractivity contribution in [2.24, 2.45) is 0 Å². The molecule has 0 aliphatic carbocycles. The Hall–Kier alpha value is -4.30. The number of aryl methyl sites for hydroxylation is 4. The fraction of sp³-hybridized carbons (Fsp3) is 0.312. The number of rotatable bonds is 11. The molecule has 0 radical (unpaired) electrons. The first-order chi connectivity index (χ1) is 19.4. The van der Waals surface area contributed by atoms with E-state index >= 15 is 0 Å². The Morgan fingerprint density at radius 3 is 2.48 bits per heavy atom. The Balaban J connectivity index is 1.49. The number of tetrazole rings is 1. The maximum absolute atomic E-state index is 13.3. The molecule has 0 unspecified atom stereocenters. The molecule has 5 rings (SSSR count). The lowest BCUT2D eigenvalue weighted by Crippen LogP contribution is -2.32. The van der Waals surface area contributed by atoms with Gasteiger partial charge in [0.1, 0.15) is 5.75 Å². The summed E-state index contributed by atoms with van der Waals surface area (Å²) in [4.78, 5) is 18.7. The van der Waals surface area contributed by atoms with Crippen LogP contribution in [-0.4, -0.2) is 37.2 Å². The molecule has 2 aromatic heterocycles. The van der Waals surface area contributed by atoms with Crippen molar-refractivity contribution in [1.29, 1.82) is 0 Å². The Bertz CT molecular complexity index is 1630. The first-order valence-electron chi connectivity index (χ1n) is 13.7. The van der Waals surface area contributed by atoms with Crippen LogP contribution in [0.15, 0.2) is 77.6 Å². The number of hydrogen-bond donors (Lipinski definition) is 1. The van der Waals surface area contributed by atoms with Gasteiger partial charge in [0.2, 0.25) is 0 Å². The molecular weight excluding hydrogens is 500 g/mol. The summed E-state index contributed by atoms with van der Waals surface area (Å²) in [5.74, 6) is 1.61. The number of ether oxygens (including phenoxy) is 1. The topological polar surface area (TPSA) is 88.9 Å². The summed E-state index contributed by atoms with van der Waals surface area (Å²) in [5, 5.41) is 13.9. The number of aromatic nitrogens is 5. The molecule has 0 aliphatic heterocycles. The van der Waals surface area contributed by atoms with Gasteiger partial charge in [0.05, 0.1) is 13.2 Å². The lowest BCUT2D eigenvalue weighted by molar-refractivity contribution is 0.160. The van der Waals surface area contributed by atoms with Crippen LogP contribution in [0.25, 0.3) is 10.9 Å². The standard InChI is InChI=1S/C32H36N6O2/c1-5-30(31-34-35-36-38(31)16-15-24-9-7-6-8-10-24)37(20-25-11-13-27(40-4)14-12-25)21-26-19-28-23(3)17-22(2)18-29(28)33-32(26)39/h6-14,17-19,30H,5,15-16,20-21H2,1-4H3,(H,33,39)/t30-/m0/s1. The van der Waals surface area contributed by atoms with E-state index in [4.69, 9.17) is 4.74 Å². The first-order valence-corrected chi connectivity index (χ1v) is 13.7. The fourth-order valence-electron chi connectivity index (χ4n) is 5.39. The van der Waals surface area contributed by atoms with Crippen LogP contribution >= 0.6 is 0 Å². The molecule has 1 N–H and O–H groups in total.